The number of ether oxygens (including phenoxy) is 1. The minimum Gasteiger partial charge on any atom is -0.481 e. The van der Waals surface area contributed by atoms with E-state index >= 15 is 0 Å². The predicted molar refractivity (Wildman–Crippen MR) is 117 cm³/mol. The molecule has 1 aliphatic heterocycles. The minimum absolute atomic E-state index is 0.00899. The molecule has 1 fully saturated rings. The highest BCUT2D eigenvalue weighted by Crippen LogP contribution is 2.31. The Morgan fingerprint density at radius 1 is 1.33 bits per heavy atom. The van der Waals surface area contributed by atoms with E-state index in [0.29, 0.717) is 6.54 Å². The molecule has 1 saturated heterocycles. The maximum Gasteiger partial charge on any atom is 0.318 e. The first kappa shape index (κ1) is 19.8. The normalized spacial score (nSPS) is 15.9. The Bertz CT molecular complexity index is 1060. The fourth-order valence-electron chi connectivity index (χ4n) is 3.89. The van der Waals surface area contributed by atoms with Crippen LogP contribution in [0.4, 0.5) is 4.79 Å². The van der Waals surface area contributed by atoms with Crippen molar-refractivity contribution in [2.75, 3.05) is 19.7 Å². The number of carbonyl (C=O) groups is 1. The van der Waals surface area contributed by atoms with Gasteiger partial charge in [-0.3, -0.25) is 0 Å². The maximum atomic E-state index is 12.8. The lowest BCUT2D eigenvalue weighted by Gasteiger charge is -2.23. The first-order valence-corrected chi connectivity index (χ1v) is 10.3. The van der Waals surface area contributed by atoms with E-state index in [1.165, 1.54) is 5.56 Å². The molecule has 3 aromatic rings. The van der Waals surface area contributed by atoms with Gasteiger partial charge in [-0.05, 0) is 61.6 Å². The number of amides is 2. The summed E-state index contributed by atoms with van der Waals surface area (Å²) in [6.45, 7) is 3.64. The summed E-state index contributed by atoms with van der Waals surface area (Å²) >= 11 is 0. The van der Waals surface area contributed by atoms with Crippen LogP contribution in [0.3, 0.4) is 0 Å². The molecule has 0 saturated carbocycles. The molecule has 6 heteroatoms. The number of aromatic nitrogens is 2. The van der Waals surface area contributed by atoms with Gasteiger partial charge in [-0.2, -0.15) is 0 Å². The van der Waals surface area contributed by atoms with E-state index in [1.54, 1.807) is 0 Å². The Morgan fingerprint density at radius 3 is 2.97 bits per heavy atom. The molecule has 1 atom stereocenters. The Labute approximate surface area is 176 Å². The first-order chi connectivity index (χ1) is 14.6. The van der Waals surface area contributed by atoms with Crippen LogP contribution in [-0.2, 0) is 6.42 Å². The number of hydrogen-bond donors (Lipinski definition) is 2. The van der Waals surface area contributed by atoms with Gasteiger partial charge in [0.2, 0.25) is 0 Å². The smallest absolute Gasteiger partial charge is 0.318 e. The van der Waals surface area contributed by atoms with Gasteiger partial charge in [0.25, 0.3) is 0 Å². The standard InChI is InChI=1S/C24H26N4O2/c1-3-15-30-19-9-7-18(8-10-19)12-13-25-24(29)28-14-4-5-22(28)23-26-20-11-6-17(2)16-21(20)27-23/h1,6-11,16,22H,4-5,12-15H2,2H3,(H,25,29)(H,26,27). The van der Waals surface area contributed by atoms with Gasteiger partial charge >= 0.3 is 6.03 Å². The van der Waals surface area contributed by atoms with Crippen molar-refractivity contribution in [3.8, 4) is 18.1 Å². The highest BCUT2D eigenvalue weighted by Gasteiger charge is 2.32. The molecule has 4 rings (SSSR count). The first-order valence-electron chi connectivity index (χ1n) is 10.3. The summed E-state index contributed by atoms with van der Waals surface area (Å²) in [6, 6.07) is 13.9. The highest BCUT2D eigenvalue weighted by atomic mass is 16.5. The molecule has 0 bridgehead atoms. The summed E-state index contributed by atoms with van der Waals surface area (Å²) in [5.41, 5.74) is 4.29. The quantitative estimate of drug-likeness (QED) is 0.613. The van der Waals surface area contributed by atoms with E-state index < -0.39 is 0 Å². The molecule has 154 valence electrons. The zero-order valence-electron chi connectivity index (χ0n) is 17.1. The van der Waals surface area contributed by atoms with E-state index in [0.717, 1.165) is 54.0 Å². The van der Waals surface area contributed by atoms with Crippen molar-refractivity contribution in [1.29, 1.82) is 0 Å². The van der Waals surface area contributed by atoms with Crippen LogP contribution < -0.4 is 10.1 Å². The van der Waals surface area contributed by atoms with Crippen LogP contribution >= 0.6 is 0 Å². The average molecular weight is 402 g/mol. The third-order valence-electron chi connectivity index (χ3n) is 5.42. The second-order valence-corrected chi connectivity index (χ2v) is 7.61. The number of likely N-dealkylation sites (tertiary alicyclic amines) is 1. The third-order valence-corrected chi connectivity index (χ3v) is 5.42. The number of imidazole rings is 1. The molecule has 0 aliphatic carbocycles. The summed E-state index contributed by atoms with van der Waals surface area (Å²) in [7, 11) is 0. The van der Waals surface area contributed by atoms with Gasteiger partial charge < -0.3 is 19.9 Å². The van der Waals surface area contributed by atoms with Gasteiger partial charge in [0.15, 0.2) is 0 Å². The molecule has 1 aliphatic rings. The fraction of sp³-hybridized carbons (Fsp3) is 0.333. The van der Waals surface area contributed by atoms with E-state index in [1.807, 2.05) is 35.2 Å². The minimum atomic E-state index is -0.0388. The second-order valence-electron chi connectivity index (χ2n) is 7.61. The Hall–Kier alpha value is -3.46. The van der Waals surface area contributed by atoms with E-state index in [2.05, 4.69) is 35.3 Å². The van der Waals surface area contributed by atoms with Crippen molar-refractivity contribution in [3.63, 3.8) is 0 Å². The lowest BCUT2D eigenvalue weighted by atomic mass is 10.1. The number of urea groups is 1. The van der Waals surface area contributed by atoms with Crippen LogP contribution in [0.5, 0.6) is 5.75 Å². The largest absolute Gasteiger partial charge is 0.481 e. The van der Waals surface area contributed by atoms with Crippen molar-refractivity contribution in [2.45, 2.75) is 32.2 Å². The molecule has 2 N–H and O–H groups in total. The SMILES string of the molecule is C#CCOc1ccc(CCNC(=O)N2CCCC2c2nc3ccc(C)cc3[nH]2)cc1. The van der Waals surface area contributed by atoms with Gasteiger partial charge in [-0.1, -0.05) is 24.1 Å². The number of nitrogens with one attached hydrogen (secondary N) is 2. The van der Waals surface area contributed by atoms with Crippen molar-refractivity contribution in [2.24, 2.45) is 0 Å². The lowest BCUT2D eigenvalue weighted by molar-refractivity contribution is 0.191. The number of aromatic amines is 1. The molecule has 2 heterocycles. The molecular formula is C24H26N4O2. The van der Waals surface area contributed by atoms with E-state index in [9.17, 15) is 4.79 Å². The maximum absolute atomic E-state index is 12.8. The predicted octanol–water partition coefficient (Wildman–Crippen LogP) is 3.97. The van der Waals surface area contributed by atoms with Gasteiger partial charge in [-0.15, -0.1) is 6.42 Å². The number of benzene rings is 2. The zero-order valence-corrected chi connectivity index (χ0v) is 17.1. The topological polar surface area (TPSA) is 70.2 Å². The number of fused-ring (bicyclic) bond motifs is 1. The average Bonchev–Trinajstić information content (AvgIpc) is 3.39. The molecule has 1 unspecified atom stereocenters. The molecular weight excluding hydrogens is 376 g/mol. The molecule has 0 radical (unpaired) electrons. The lowest BCUT2D eigenvalue weighted by Crippen LogP contribution is -2.40. The Kier molecular flexibility index (Phi) is 5.89. The summed E-state index contributed by atoms with van der Waals surface area (Å²) in [5, 5.41) is 3.05. The summed E-state index contributed by atoms with van der Waals surface area (Å²) < 4.78 is 5.38. The Morgan fingerprint density at radius 2 is 2.17 bits per heavy atom. The summed E-state index contributed by atoms with van der Waals surface area (Å²) in [6.07, 6.45) is 7.85. The summed E-state index contributed by atoms with van der Waals surface area (Å²) in [4.78, 5) is 22.8. The number of aryl methyl sites for hydroxylation is 1. The third kappa shape index (κ3) is 4.41. The van der Waals surface area contributed by atoms with Crippen molar-refractivity contribution >= 4 is 17.1 Å². The van der Waals surface area contributed by atoms with Gasteiger partial charge in [0.1, 0.15) is 18.2 Å². The van der Waals surface area contributed by atoms with Crippen LogP contribution in [0.1, 0.15) is 35.8 Å². The van der Waals surface area contributed by atoms with Crippen LogP contribution in [0.15, 0.2) is 42.5 Å². The van der Waals surface area contributed by atoms with Gasteiger partial charge in [0, 0.05) is 13.1 Å². The monoisotopic (exact) mass is 402 g/mol. The van der Waals surface area contributed by atoms with Gasteiger partial charge in [0.05, 0.1) is 17.1 Å². The van der Waals surface area contributed by atoms with E-state index in [-0.39, 0.29) is 18.7 Å². The van der Waals surface area contributed by atoms with Crippen LogP contribution in [0.25, 0.3) is 11.0 Å². The number of carbonyl (C=O) groups excluding carboxylic acids is 1. The molecule has 0 spiro atoms. The number of terminal acetylenes is 1. The molecule has 1 aromatic heterocycles. The van der Waals surface area contributed by atoms with Crippen molar-refractivity contribution in [1.82, 2.24) is 20.2 Å². The Balaban J connectivity index is 1.34. The van der Waals surface area contributed by atoms with Crippen LogP contribution in [-0.4, -0.2) is 40.6 Å². The number of H-pyrrole nitrogens is 1. The number of rotatable bonds is 6. The van der Waals surface area contributed by atoms with Crippen molar-refractivity contribution < 1.29 is 9.53 Å². The van der Waals surface area contributed by atoms with Crippen LogP contribution in [0.2, 0.25) is 0 Å². The van der Waals surface area contributed by atoms with E-state index in [4.69, 9.17) is 16.1 Å². The molecule has 2 amide bonds. The molecule has 2 aromatic carbocycles. The zero-order chi connectivity index (χ0) is 20.9. The number of nitrogens with zero attached hydrogens (tertiary/aromatic N) is 2. The fourth-order valence-corrected chi connectivity index (χ4v) is 3.89. The number of hydrogen-bond acceptors (Lipinski definition) is 3. The summed E-state index contributed by atoms with van der Waals surface area (Å²) in [5.74, 6) is 4.07. The highest BCUT2D eigenvalue weighted by molar-refractivity contribution is 5.77. The van der Waals surface area contributed by atoms with Gasteiger partial charge in [-0.25, -0.2) is 9.78 Å². The van der Waals surface area contributed by atoms with Crippen LogP contribution in [0, 0.1) is 19.3 Å². The van der Waals surface area contributed by atoms with Crippen molar-refractivity contribution in [3.05, 3.63) is 59.4 Å². The molecule has 6 nitrogen and oxygen atoms in total. The second kappa shape index (κ2) is 8.91. The molecule has 30 heavy (non-hydrogen) atoms.